The van der Waals surface area contributed by atoms with E-state index >= 15 is 0 Å². The summed E-state index contributed by atoms with van der Waals surface area (Å²) in [6.45, 7) is 5.65. The van der Waals surface area contributed by atoms with E-state index in [9.17, 15) is 9.18 Å². The van der Waals surface area contributed by atoms with Gasteiger partial charge in [-0.25, -0.2) is 4.98 Å². The standard InChI is InChI=1S/C12H15FN2OS/c1-8-6-15(7-9(2)17-8)12(16)10-3-4-14-11(13)5-10/h3-5,8-9H,6-7H2,1-2H3. The molecule has 2 heterocycles. The molecule has 0 aliphatic carbocycles. The maximum absolute atomic E-state index is 13.0. The van der Waals surface area contributed by atoms with Crippen molar-refractivity contribution < 1.29 is 9.18 Å². The van der Waals surface area contributed by atoms with Crippen LogP contribution in [0.3, 0.4) is 0 Å². The number of hydrogen-bond acceptors (Lipinski definition) is 3. The van der Waals surface area contributed by atoms with Crippen LogP contribution in [0.4, 0.5) is 4.39 Å². The SMILES string of the molecule is CC1CN(C(=O)c2ccnc(F)c2)CC(C)S1. The van der Waals surface area contributed by atoms with Crippen LogP contribution in [0.2, 0.25) is 0 Å². The molecule has 1 amide bonds. The zero-order valence-corrected chi connectivity index (χ0v) is 10.7. The molecule has 1 aliphatic heterocycles. The van der Waals surface area contributed by atoms with Gasteiger partial charge in [0.2, 0.25) is 5.95 Å². The van der Waals surface area contributed by atoms with Crippen molar-refractivity contribution >= 4 is 17.7 Å². The first kappa shape index (κ1) is 12.4. The van der Waals surface area contributed by atoms with Crippen molar-refractivity contribution in [1.82, 2.24) is 9.88 Å². The lowest BCUT2D eigenvalue weighted by atomic mass is 10.2. The predicted octanol–water partition coefficient (Wildman–Crippen LogP) is 2.19. The zero-order chi connectivity index (χ0) is 12.4. The average molecular weight is 254 g/mol. The number of thioether (sulfide) groups is 1. The van der Waals surface area contributed by atoms with Crippen molar-refractivity contribution in [3.05, 3.63) is 29.8 Å². The first-order valence-electron chi connectivity index (χ1n) is 5.62. The highest BCUT2D eigenvalue weighted by Gasteiger charge is 2.26. The molecule has 0 spiro atoms. The molecule has 1 saturated heterocycles. The van der Waals surface area contributed by atoms with Crippen molar-refractivity contribution in [3.8, 4) is 0 Å². The van der Waals surface area contributed by atoms with Crippen molar-refractivity contribution in [2.45, 2.75) is 24.3 Å². The molecule has 1 fully saturated rings. The van der Waals surface area contributed by atoms with Gasteiger partial charge in [0.15, 0.2) is 0 Å². The highest BCUT2D eigenvalue weighted by Crippen LogP contribution is 2.25. The van der Waals surface area contributed by atoms with Crippen LogP contribution in [0, 0.1) is 5.95 Å². The molecule has 1 aromatic rings. The van der Waals surface area contributed by atoms with E-state index in [1.165, 1.54) is 12.3 Å². The number of aromatic nitrogens is 1. The number of halogens is 1. The van der Waals surface area contributed by atoms with Crippen molar-refractivity contribution in [1.29, 1.82) is 0 Å². The Balaban J connectivity index is 2.14. The van der Waals surface area contributed by atoms with Crippen LogP contribution in [-0.2, 0) is 0 Å². The van der Waals surface area contributed by atoms with Crippen LogP contribution < -0.4 is 0 Å². The molecule has 92 valence electrons. The first-order chi connectivity index (χ1) is 8.06. The van der Waals surface area contributed by atoms with Crippen LogP contribution >= 0.6 is 11.8 Å². The zero-order valence-electron chi connectivity index (χ0n) is 9.89. The summed E-state index contributed by atoms with van der Waals surface area (Å²) in [5.41, 5.74) is 0.379. The Hall–Kier alpha value is -1.10. The Labute approximate surface area is 104 Å². The molecular weight excluding hydrogens is 239 g/mol. The van der Waals surface area contributed by atoms with Crippen molar-refractivity contribution in [2.75, 3.05) is 13.1 Å². The summed E-state index contributed by atoms with van der Waals surface area (Å²) in [5, 5.41) is 0.851. The fourth-order valence-electron chi connectivity index (χ4n) is 2.06. The maximum Gasteiger partial charge on any atom is 0.254 e. The second kappa shape index (κ2) is 5.04. The van der Waals surface area contributed by atoms with Gasteiger partial charge in [-0.2, -0.15) is 16.2 Å². The fourth-order valence-corrected chi connectivity index (χ4v) is 3.39. The van der Waals surface area contributed by atoms with Gasteiger partial charge >= 0.3 is 0 Å². The molecule has 2 atom stereocenters. The molecule has 2 unspecified atom stereocenters. The van der Waals surface area contributed by atoms with E-state index in [1.807, 2.05) is 11.8 Å². The lowest BCUT2D eigenvalue weighted by Gasteiger charge is -2.34. The number of carbonyl (C=O) groups excluding carboxylic acids is 1. The number of hydrogen-bond donors (Lipinski definition) is 0. The molecule has 2 rings (SSSR count). The van der Waals surface area contributed by atoms with E-state index in [0.29, 0.717) is 16.1 Å². The summed E-state index contributed by atoms with van der Waals surface area (Å²) in [4.78, 5) is 17.4. The second-order valence-corrected chi connectivity index (χ2v) is 6.22. The molecule has 17 heavy (non-hydrogen) atoms. The summed E-state index contributed by atoms with van der Waals surface area (Å²) in [5.74, 6) is -0.714. The summed E-state index contributed by atoms with van der Waals surface area (Å²) < 4.78 is 13.0. The number of nitrogens with zero attached hydrogens (tertiary/aromatic N) is 2. The van der Waals surface area contributed by atoms with Gasteiger partial charge in [0.25, 0.3) is 5.91 Å². The van der Waals surface area contributed by atoms with E-state index in [4.69, 9.17) is 0 Å². The minimum atomic E-state index is -0.608. The first-order valence-corrected chi connectivity index (χ1v) is 6.57. The van der Waals surface area contributed by atoms with Gasteiger partial charge < -0.3 is 4.90 Å². The number of carbonyl (C=O) groups is 1. The van der Waals surface area contributed by atoms with E-state index < -0.39 is 5.95 Å². The molecule has 0 bridgehead atoms. The molecular formula is C12H15FN2OS. The average Bonchev–Trinajstić information content (AvgIpc) is 2.26. The fraction of sp³-hybridized carbons (Fsp3) is 0.500. The smallest absolute Gasteiger partial charge is 0.254 e. The van der Waals surface area contributed by atoms with Gasteiger partial charge in [-0.15, -0.1) is 0 Å². The predicted molar refractivity (Wildman–Crippen MR) is 66.6 cm³/mol. The number of pyridine rings is 1. The lowest BCUT2D eigenvalue weighted by molar-refractivity contribution is 0.0752. The molecule has 5 heteroatoms. The quantitative estimate of drug-likeness (QED) is 0.720. The van der Waals surface area contributed by atoms with Crippen LogP contribution in [0.5, 0.6) is 0 Å². The van der Waals surface area contributed by atoms with Gasteiger partial charge in [-0.3, -0.25) is 4.79 Å². The molecule has 0 saturated carbocycles. The van der Waals surface area contributed by atoms with Crippen molar-refractivity contribution in [2.24, 2.45) is 0 Å². The van der Waals surface area contributed by atoms with Gasteiger partial charge in [-0.1, -0.05) is 13.8 Å². The van der Waals surface area contributed by atoms with Gasteiger partial charge in [0.1, 0.15) is 0 Å². The lowest BCUT2D eigenvalue weighted by Crippen LogP contribution is -2.44. The summed E-state index contributed by atoms with van der Waals surface area (Å²) in [6, 6.07) is 2.75. The van der Waals surface area contributed by atoms with Crippen LogP contribution in [-0.4, -0.2) is 39.4 Å². The van der Waals surface area contributed by atoms with Crippen molar-refractivity contribution in [3.63, 3.8) is 0 Å². The molecule has 3 nitrogen and oxygen atoms in total. The second-order valence-electron chi connectivity index (χ2n) is 4.33. The topological polar surface area (TPSA) is 33.2 Å². The molecule has 0 N–H and O–H groups in total. The largest absolute Gasteiger partial charge is 0.336 e. The third-order valence-corrected chi connectivity index (χ3v) is 3.91. The maximum atomic E-state index is 13.0. The third-order valence-electron chi connectivity index (χ3n) is 2.68. The number of rotatable bonds is 1. The molecule has 0 radical (unpaired) electrons. The minimum absolute atomic E-state index is 0.106. The highest BCUT2D eigenvalue weighted by molar-refractivity contribution is 8.00. The molecule has 1 aromatic heterocycles. The van der Waals surface area contributed by atoms with E-state index in [2.05, 4.69) is 18.8 Å². The normalized spacial score (nSPS) is 24.8. The Morgan fingerprint density at radius 3 is 2.71 bits per heavy atom. The Bertz CT molecular complexity index is 417. The van der Waals surface area contributed by atoms with Gasteiger partial charge in [0.05, 0.1) is 0 Å². The van der Waals surface area contributed by atoms with E-state index in [1.54, 1.807) is 11.0 Å². The summed E-state index contributed by atoms with van der Waals surface area (Å²) in [7, 11) is 0. The highest BCUT2D eigenvalue weighted by atomic mass is 32.2. The van der Waals surface area contributed by atoms with Gasteiger partial charge in [-0.05, 0) is 6.07 Å². The Morgan fingerprint density at radius 1 is 1.47 bits per heavy atom. The molecule has 1 aliphatic rings. The summed E-state index contributed by atoms with van der Waals surface area (Å²) in [6.07, 6.45) is 1.33. The minimum Gasteiger partial charge on any atom is -0.336 e. The monoisotopic (exact) mass is 254 g/mol. The number of amides is 1. The van der Waals surface area contributed by atoms with Crippen LogP contribution in [0.25, 0.3) is 0 Å². The third kappa shape index (κ3) is 2.97. The Morgan fingerprint density at radius 2 is 2.12 bits per heavy atom. The summed E-state index contributed by atoms with van der Waals surface area (Å²) >= 11 is 1.88. The van der Waals surface area contributed by atoms with Crippen LogP contribution in [0.15, 0.2) is 18.3 Å². The van der Waals surface area contributed by atoms with Gasteiger partial charge in [0, 0.05) is 41.4 Å². The Kier molecular flexibility index (Phi) is 3.66. The van der Waals surface area contributed by atoms with Crippen LogP contribution in [0.1, 0.15) is 24.2 Å². The van der Waals surface area contributed by atoms with E-state index in [0.717, 1.165) is 13.1 Å². The molecule has 0 aromatic carbocycles. The van der Waals surface area contributed by atoms with E-state index in [-0.39, 0.29) is 5.91 Å².